The summed E-state index contributed by atoms with van der Waals surface area (Å²) in [7, 11) is 0. The standard InChI is InChI=1S/C21H16F5N5O2S/c1-10-20(34-19(29-10)17(27)18(25)26)33-16-6-5-11(7-15(16)24)31-21(32)30(9-28-31)8-12-13(22)3-2-4-14(12)23/h2-7,9,17-18H,8,27H2,1H3. The Morgan fingerprint density at radius 3 is 2.47 bits per heavy atom. The van der Waals surface area contributed by atoms with Crippen molar-refractivity contribution < 1.29 is 26.7 Å². The predicted molar refractivity (Wildman–Crippen MR) is 113 cm³/mol. The Kier molecular flexibility index (Phi) is 6.48. The van der Waals surface area contributed by atoms with E-state index in [-0.39, 0.29) is 32.8 Å². The number of thiazole rings is 1. The van der Waals surface area contributed by atoms with E-state index in [1.165, 1.54) is 25.1 Å². The Morgan fingerprint density at radius 2 is 1.82 bits per heavy atom. The van der Waals surface area contributed by atoms with Crippen molar-refractivity contribution in [3.63, 3.8) is 0 Å². The molecular weight excluding hydrogens is 481 g/mol. The minimum absolute atomic E-state index is 0.0315. The predicted octanol–water partition coefficient (Wildman–Crippen LogP) is 4.32. The number of ether oxygens (including phenoxy) is 1. The molecule has 2 aromatic heterocycles. The van der Waals surface area contributed by atoms with Crippen LogP contribution in [-0.4, -0.2) is 25.8 Å². The zero-order chi connectivity index (χ0) is 24.6. The molecule has 0 bridgehead atoms. The monoisotopic (exact) mass is 497 g/mol. The van der Waals surface area contributed by atoms with Crippen LogP contribution < -0.4 is 16.2 Å². The zero-order valence-corrected chi connectivity index (χ0v) is 18.2. The molecule has 0 fully saturated rings. The first-order valence-electron chi connectivity index (χ1n) is 9.72. The average molecular weight is 497 g/mol. The highest BCUT2D eigenvalue weighted by Crippen LogP contribution is 2.36. The second-order valence-corrected chi connectivity index (χ2v) is 8.15. The molecule has 178 valence electrons. The molecule has 2 heterocycles. The summed E-state index contributed by atoms with van der Waals surface area (Å²) in [6.45, 7) is 1.10. The zero-order valence-electron chi connectivity index (χ0n) is 17.4. The van der Waals surface area contributed by atoms with Crippen LogP contribution in [0.1, 0.15) is 22.3 Å². The van der Waals surface area contributed by atoms with Gasteiger partial charge >= 0.3 is 5.69 Å². The molecule has 0 radical (unpaired) electrons. The van der Waals surface area contributed by atoms with Crippen LogP contribution in [0.2, 0.25) is 0 Å². The molecule has 4 aromatic rings. The average Bonchev–Trinajstić information content (AvgIpc) is 3.34. The van der Waals surface area contributed by atoms with Gasteiger partial charge in [0.2, 0.25) is 5.06 Å². The highest BCUT2D eigenvalue weighted by atomic mass is 32.1. The number of hydrogen-bond donors (Lipinski definition) is 1. The van der Waals surface area contributed by atoms with Crippen LogP contribution in [0.15, 0.2) is 47.5 Å². The fourth-order valence-electron chi connectivity index (χ4n) is 3.03. The lowest BCUT2D eigenvalue weighted by Gasteiger charge is -2.07. The van der Waals surface area contributed by atoms with E-state index < -0.39 is 42.2 Å². The number of nitrogens with zero attached hydrogens (tertiary/aromatic N) is 4. The van der Waals surface area contributed by atoms with E-state index in [2.05, 4.69) is 10.1 Å². The Labute approximate surface area is 192 Å². The van der Waals surface area contributed by atoms with Gasteiger partial charge in [0, 0.05) is 11.6 Å². The van der Waals surface area contributed by atoms with Gasteiger partial charge < -0.3 is 10.5 Å². The molecule has 7 nitrogen and oxygen atoms in total. The molecule has 0 aliphatic heterocycles. The summed E-state index contributed by atoms with van der Waals surface area (Å²) in [6, 6.07) is 5.28. The van der Waals surface area contributed by atoms with Crippen LogP contribution in [0.5, 0.6) is 10.8 Å². The molecule has 0 aliphatic carbocycles. The number of halogens is 5. The molecule has 0 spiro atoms. The van der Waals surface area contributed by atoms with Crippen molar-refractivity contribution in [2.45, 2.75) is 25.9 Å². The van der Waals surface area contributed by atoms with E-state index in [1.54, 1.807) is 0 Å². The Morgan fingerprint density at radius 1 is 1.12 bits per heavy atom. The van der Waals surface area contributed by atoms with Crippen molar-refractivity contribution in [3.8, 4) is 16.5 Å². The summed E-state index contributed by atoms with van der Waals surface area (Å²) >= 11 is 0.772. The first kappa shape index (κ1) is 23.6. The number of hydrogen-bond acceptors (Lipinski definition) is 6. The van der Waals surface area contributed by atoms with Crippen LogP contribution in [0.4, 0.5) is 22.0 Å². The first-order chi connectivity index (χ1) is 16.2. The fourth-order valence-corrected chi connectivity index (χ4v) is 3.96. The number of aryl methyl sites for hydroxylation is 1. The molecule has 0 aliphatic rings. The quantitative estimate of drug-likeness (QED) is 0.384. The summed E-state index contributed by atoms with van der Waals surface area (Å²) in [4.78, 5) is 16.6. The van der Waals surface area contributed by atoms with Gasteiger partial charge in [-0.3, -0.25) is 4.57 Å². The SMILES string of the molecule is Cc1nc(C(N)C(F)F)sc1Oc1ccc(-n2ncn(Cc3c(F)cccc3F)c2=O)cc1F. The second kappa shape index (κ2) is 9.35. The van der Waals surface area contributed by atoms with E-state index >= 15 is 0 Å². The first-order valence-corrected chi connectivity index (χ1v) is 10.5. The van der Waals surface area contributed by atoms with Gasteiger partial charge in [-0.1, -0.05) is 17.4 Å². The van der Waals surface area contributed by atoms with Crippen LogP contribution in [0, 0.1) is 24.4 Å². The molecule has 0 saturated heterocycles. The normalized spacial score (nSPS) is 12.4. The van der Waals surface area contributed by atoms with Crippen molar-refractivity contribution in [2.24, 2.45) is 5.73 Å². The smallest absolute Gasteiger partial charge is 0.350 e. The van der Waals surface area contributed by atoms with Gasteiger partial charge in [0.25, 0.3) is 6.43 Å². The van der Waals surface area contributed by atoms with Gasteiger partial charge in [-0.25, -0.2) is 31.7 Å². The van der Waals surface area contributed by atoms with E-state index in [9.17, 15) is 26.7 Å². The maximum absolute atomic E-state index is 14.7. The largest absolute Gasteiger partial charge is 0.442 e. The van der Waals surface area contributed by atoms with Crippen molar-refractivity contribution in [1.82, 2.24) is 19.3 Å². The van der Waals surface area contributed by atoms with E-state index in [1.807, 2.05) is 0 Å². The third-order valence-corrected chi connectivity index (χ3v) is 5.95. The number of rotatable bonds is 7. The number of nitrogens with two attached hydrogens (primary N) is 1. The van der Waals surface area contributed by atoms with Crippen LogP contribution in [0.25, 0.3) is 5.69 Å². The summed E-state index contributed by atoms with van der Waals surface area (Å²) < 4.78 is 75.4. The van der Waals surface area contributed by atoms with Gasteiger partial charge in [-0.2, -0.15) is 9.78 Å². The van der Waals surface area contributed by atoms with Gasteiger partial charge in [-0.15, -0.1) is 0 Å². The van der Waals surface area contributed by atoms with Crippen molar-refractivity contribution in [1.29, 1.82) is 0 Å². The number of benzene rings is 2. The summed E-state index contributed by atoms with van der Waals surface area (Å²) in [5, 5.41) is 3.91. The molecule has 1 unspecified atom stereocenters. The highest BCUT2D eigenvalue weighted by molar-refractivity contribution is 7.13. The lowest BCUT2D eigenvalue weighted by molar-refractivity contribution is 0.116. The molecule has 0 amide bonds. The lowest BCUT2D eigenvalue weighted by Crippen LogP contribution is -2.24. The number of aromatic nitrogens is 4. The minimum atomic E-state index is -2.82. The minimum Gasteiger partial charge on any atom is -0.442 e. The molecule has 4 rings (SSSR count). The molecule has 2 aromatic carbocycles. The Bertz CT molecular complexity index is 1380. The maximum atomic E-state index is 14.7. The van der Waals surface area contributed by atoms with Gasteiger partial charge in [0.1, 0.15) is 29.0 Å². The molecule has 34 heavy (non-hydrogen) atoms. The molecular formula is C21H16F5N5O2S. The van der Waals surface area contributed by atoms with E-state index in [0.717, 1.165) is 45.1 Å². The summed E-state index contributed by atoms with van der Waals surface area (Å²) in [5.74, 6) is -2.74. The van der Waals surface area contributed by atoms with Crippen LogP contribution in [-0.2, 0) is 6.54 Å². The highest BCUT2D eigenvalue weighted by Gasteiger charge is 2.24. The van der Waals surface area contributed by atoms with Crippen LogP contribution in [0.3, 0.4) is 0 Å². The third kappa shape index (κ3) is 4.56. The lowest BCUT2D eigenvalue weighted by atomic mass is 10.2. The van der Waals surface area contributed by atoms with Crippen molar-refractivity contribution in [2.75, 3.05) is 0 Å². The second-order valence-electron chi connectivity index (χ2n) is 7.16. The molecule has 0 saturated carbocycles. The molecule has 2 N–H and O–H groups in total. The molecule has 1 atom stereocenters. The molecule has 13 heteroatoms. The summed E-state index contributed by atoms with van der Waals surface area (Å²) in [5.41, 5.74) is 4.62. The third-order valence-electron chi connectivity index (χ3n) is 4.81. The fraction of sp³-hybridized carbons (Fsp3) is 0.190. The number of alkyl halides is 2. The van der Waals surface area contributed by atoms with E-state index in [0.29, 0.717) is 0 Å². The summed E-state index contributed by atoms with van der Waals surface area (Å²) in [6.07, 6.45) is -1.74. The van der Waals surface area contributed by atoms with Crippen molar-refractivity contribution in [3.05, 3.63) is 86.9 Å². The van der Waals surface area contributed by atoms with Crippen LogP contribution >= 0.6 is 11.3 Å². The topological polar surface area (TPSA) is 88.0 Å². The van der Waals surface area contributed by atoms with Gasteiger partial charge in [0.05, 0.1) is 17.9 Å². The van der Waals surface area contributed by atoms with E-state index in [4.69, 9.17) is 10.5 Å². The Hall–Kier alpha value is -3.58. The Balaban J connectivity index is 1.57. The van der Waals surface area contributed by atoms with Crippen molar-refractivity contribution >= 4 is 11.3 Å². The van der Waals surface area contributed by atoms with Gasteiger partial charge in [-0.05, 0) is 31.2 Å². The maximum Gasteiger partial charge on any atom is 0.350 e. The van der Waals surface area contributed by atoms with Gasteiger partial charge in [0.15, 0.2) is 11.6 Å².